The average Bonchev–Trinajstić information content (AvgIpc) is 3.05. The number of hydrogen-bond donors (Lipinski definition) is 2. The maximum atomic E-state index is 12.0. The lowest BCUT2D eigenvalue weighted by atomic mass is 10.2. The van der Waals surface area contributed by atoms with Gasteiger partial charge in [0.2, 0.25) is 0 Å². The van der Waals surface area contributed by atoms with Crippen LogP contribution >= 0.6 is 11.3 Å². The van der Waals surface area contributed by atoms with Crippen LogP contribution in [-0.4, -0.2) is 17.4 Å². The molecule has 0 saturated heterocycles. The molecule has 1 amide bonds. The van der Waals surface area contributed by atoms with Crippen molar-refractivity contribution in [2.24, 2.45) is 0 Å². The Balaban J connectivity index is 1.67. The molecule has 20 heavy (non-hydrogen) atoms. The van der Waals surface area contributed by atoms with Crippen LogP contribution in [0.5, 0.6) is 0 Å². The number of carbonyl (C=O) groups is 1. The van der Waals surface area contributed by atoms with Crippen molar-refractivity contribution < 1.29 is 9.21 Å². The number of aromatic amines is 1. The van der Waals surface area contributed by atoms with E-state index in [0.29, 0.717) is 23.2 Å². The van der Waals surface area contributed by atoms with Crippen molar-refractivity contribution in [3.05, 3.63) is 56.7 Å². The zero-order chi connectivity index (χ0) is 13.9. The second-order valence-electron chi connectivity index (χ2n) is 4.31. The van der Waals surface area contributed by atoms with Crippen LogP contribution in [0.2, 0.25) is 0 Å². The molecule has 2 N–H and O–H groups in total. The van der Waals surface area contributed by atoms with Crippen LogP contribution in [0.3, 0.4) is 0 Å². The fraction of sp³-hybridized carbons (Fsp3) is 0.143. The largest absolute Gasteiger partial charge is 0.417 e. The fourth-order valence-electron chi connectivity index (χ4n) is 1.95. The highest BCUT2D eigenvalue weighted by molar-refractivity contribution is 7.09. The molecule has 0 fully saturated rings. The van der Waals surface area contributed by atoms with E-state index in [-0.39, 0.29) is 5.91 Å². The number of hydrogen-bond acceptors (Lipinski definition) is 4. The smallest absolute Gasteiger partial charge is 0.408 e. The first kappa shape index (κ1) is 12.7. The molecule has 102 valence electrons. The van der Waals surface area contributed by atoms with Crippen LogP contribution < -0.4 is 11.1 Å². The van der Waals surface area contributed by atoms with Gasteiger partial charge in [0.15, 0.2) is 5.58 Å². The molecule has 3 aromatic rings. The molecule has 0 aliphatic heterocycles. The molecule has 0 radical (unpaired) electrons. The number of nitrogens with one attached hydrogen (secondary N) is 2. The van der Waals surface area contributed by atoms with Crippen LogP contribution in [0.25, 0.3) is 11.1 Å². The molecule has 1 aromatic carbocycles. The third-order valence-electron chi connectivity index (χ3n) is 2.92. The van der Waals surface area contributed by atoms with Gasteiger partial charge in [-0.1, -0.05) is 6.07 Å². The second-order valence-corrected chi connectivity index (χ2v) is 5.34. The Morgan fingerprint density at radius 3 is 3.05 bits per heavy atom. The summed E-state index contributed by atoms with van der Waals surface area (Å²) in [6.45, 7) is 0.583. The minimum atomic E-state index is -0.518. The van der Waals surface area contributed by atoms with E-state index in [1.165, 1.54) is 4.88 Å². The van der Waals surface area contributed by atoms with Gasteiger partial charge in [0.1, 0.15) is 0 Å². The van der Waals surface area contributed by atoms with E-state index in [2.05, 4.69) is 10.3 Å². The van der Waals surface area contributed by atoms with Crippen molar-refractivity contribution >= 4 is 28.3 Å². The van der Waals surface area contributed by atoms with Gasteiger partial charge in [-0.25, -0.2) is 4.79 Å². The first-order chi connectivity index (χ1) is 9.72. The summed E-state index contributed by atoms with van der Waals surface area (Å²) in [5.74, 6) is -0.680. The molecule has 0 aliphatic rings. The van der Waals surface area contributed by atoms with E-state index in [1.54, 1.807) is 29.5 Å². The zero-order valence-electron chi connectivity index (χ0n) is 10.5. The lowest BCUT2D eigenvalue weighted by molar-refractivity contribution is 0.0954. The Labute approximate surface area is 118 Å². The third kappa shape index (κ3) is 2.65. The molecule has 5 nitrogen and oxygen atoms in total. The Morgan fingerprint density at radius 1 is 1.35 bits per heavy atom. The number of aromatic nitrogens is 1. The monoisotopic (exact) mass is 288 g/mol. The molecule has 2 heterocycles. The van der Waals surface area contributed by atoms with Gasteiger partial charge in [-0.2, -0.15) is 0 Å². The topological polar surface area (TPSA) is 75.1 Å². The van der Waals surface area contributed by atoms with Gasteiger partial charge in [0, 0.05) is 17.0 Å². The average molecular weight is 288 g/mol. The van der Waals surface area contributed by atoms with Crippen molar-refractivity contribution in [2.75, 3.05) is 6.54 Å². The molecular weight excluding hydrogens is 276 g/mol. The van der Waals surface area contributed by atoms with Crippen LogP contribution in [0.15, 0.2) is 44.9 Å². The van der Waals surface area contributed by atoms with Crippen molar-refractivity contribution in [3.8, 4) is 0 Å². The number of thiophene rings is 1. The summed E-state index contributed by atoms with van der Waals surface area (Å²) in [5.41, 5.74) is 1.48. The summed E-state index contributed by atoms with van der Waals surface area (Å²) in [6.07, 6.45) is 0.814. The maximum Gasteiger partial charge on any atom is 0.417 e. The summed E-state index contributed by atoms with van der Waals surface area (Å²) in [5, 5.41) is 4.87. The lowest BCUT2D eigenvalue weighted by Gasteiger charge is -2.04. The SMILES string of the molecule is O=C(NCCc1cccs1)c1ccc2oc(=O)[nH]c2c1. The predicted octanol–water partition coefficient (Wildman–Crippen LogP) is 2.16. The highest BCUT2D eigenvalue weighted by atomic mass is 32.1. The summed E-state index contributed by atoms with van der Waals surface area (Å²) in [7, 11) is 0. The highest BCUT2D eigenvalue weighted by Gasteiger charge is 2.08. The van der Waals surface area contributed by atoms with E-state index in [4.69, 9.17) is 4.42 Å². The van der Waals surface area contributed by atoms with E-state index in [0.717, 1.165) is 6.42 Å². The van der Waals surface area contributed by atoms with E-state index in [1.807, 2.05) is 17.5 Å². The second kappa shape index (κ2) is 5.34. The Morgan fingerprint density at radius 2 is 2.25 bits per heavy atom. The van der Waals surface area contributed by atoms with E-state index < -0.39 is 5.76 Å². The van der Waals surface area contributed by atoms with Gasteiger partial charge < -0.3 is 9.73 Å². The number of fused-ring (bicyclic) bond motifs is 1. The number of oxazole rings is 1. The standard InChI is InChI=1S/C14H12N2O3S/c17-13(15-6-5-10-2-1-7-20-10)9-3-4-12-11(8-9)16-14(18)19-12/h1-4,7-8H,5-6H2,(H,15,17)(H,16,18). The first-order valence-corrected chi connectivity index (χ1v) is 7.04. The van der Waals surface area contributed by atoms with Gasteiger partial charge in [0.05, 0.1) is 5.52 Å². The van der Waals surface area contributed by atoms with E-state index in [9.17, 15) is 9.59 Å². The van der Waals surface area contributed by atoms with Crippen molar-refractivity contribution in [1.29, 1.82) is 0 Å². The minimum Gasteiger partial charge on any atom is -0.408 e. The molecule has 0 bridgehead atoms. The number of amides is 1. The highest BCUT2D eigenvalue weighted by Crippen LogP contribution is 2.12. The summed E-state index contributed by atoms with van der Waals surface area (Å²) in [4.78, 5) is 26.8. The van der Waals surface area contributed by atoms with Gasteiger partial charge in [-0.15, -0.1) is 11.3 Å². The maximum absolute atomic E-state index is 12.0. The van der Waals surface area contributed by atoms with Gasteiger partial charge in [-0.05, 0) is 36.1 Å². The molecule has 2 aromatic heterocycles. The summed E-state index contributed by atoms with van der Waals surface area (Å²) in [6, 6.07) is 8.89. The lowest BCUT2D eigenvalue weighted by Crippen LogP contribution is -2.25. The minimum absolute atomic E-state index is 0.162. The van der Waals surface area contributed by atoms with Crippen LogP contribution in [0, 0.1) is 0 Å². The van der Waals surface area contributed by atoms with Crippen molar-refractivity contribution in [2.45, 2.75) is 6.42 Å². The van der Waals surface area contributed by atoms with E-state index >= 15 is 0 Å². The number of H-pyrrole nitrogens is 1. The molecule has 0 aliphatic carbocycles. The number of rotatable bonds is 4. The van der Waals surface area contributed by atoms with Gasteiger partial charge in [-0.3, -0.25) is 9.78 Å². The molecular formula is C14H12N2O3S. The predicted molar refractivity (Wildman–Crippen MR) is 77.2 cm³/mol. The van der Waals surface area contributed by atoms with Crippen molar-refractivity contribution in [3.63, 3.8) is 0 Å². The molecule has 6 heteroatoms. The van der Waals surface area contributed by atoms with Crippen LogP contribution in [-0.2, 0) is 6.42 Å². The number of benzene rings is 1. The summed E-state index contributed by atoms with van der Waals surface area (Å²) >= 11 is 1.67. The number of carbonyl (C=O) groups excluding carboxylic acids is 1. The fourth-order valence-corrected chi connectivity index (χ4v) is 2.66. The Kier molecular flexibility index (Phi) is 3.39. The third-order valence-corrected chi connectivity index (χ3v) is 3.85. The Hall–Kier alpha value is -2.34. The molecule has 0 atom stereocenters. The first-order valence-electron chi connectivity index (χ1n) is 6.16. The molecule has 0 unspecified atom stereocenters. The van der Waals surface area contributed by atoms with Gasteiger partial charge in [0.25, 0.3) is 5.91 Å². The van der Waals surface area contributed by atoms with Gasteiger partial charge >= 0.3 is 5.76 Å². The molecule has 0 saturated carbocycles. The summed E-state index contributed by atoms with van der Waals surface area (Å²) < 4.78 is 4.89. The quantitative estimate of drug-likeness (QED) is 0.772. The normalized spacial score (nSPS) is 10.8. The molecule has 0 spiro atoms. The Bertz CT molecular complexity index is 786. The van der Waals surface area contributed by atoms with Crippen LogP contribution in [0.4, 0.5) is 0 Å². The molecule has 3 rings (SSSR count). The van der Waals surface area contributed by atoms with Crippen LogP contribution in [0.1, 0.15) is 15.2 Å². The zero-order valence-corrected chi connectivity index (χ0v) is 11.3. The van der Waals surface area contributed by atoms with Crippen molar-refractivity contribution in [1.82, 2.24) is 10.3 Å².